The number of carbonyl (C=O) groups excluding carboxylic acids is 2. The zero-order valence-electron chi connectivity index (χ0n) is 5.13. The molecule has 7 nitrogen and oxygen atoms in total. The van der Waals surface area contributed by atoms with Gasteiger partial charge in [0.15, 0.2) is 0 Å². The quantitative estimate of drug-likeness (QED) is 0.242. The fourth-order valence-electron chi connectivity index (χ4n) is 0.302. The molecule has 0 radical (unpaired) electrons. The van der Waals surface area contributed by atoms with E-state index in [1.54, 1.807) is 0 Å². The molecule has 0 amide bonds. The van der Waals surface area contributed by atoms with E-state index in [-0.39, 0.29) is 0 Å². The summed E-state index contributed by atoms with van der Waals surface area (Å²) in [5.41, 5.74) is 0. The molecule has 0 aromatic heterocycles. The summed E-state index contributed by atoms with van der Waals surface area (Å²) in [5, 5.41) is 24.9. The average Bonchev–Trinajstić information content (AvgIpc) is 1.85. The van der Waals surface area contributed by atoms with Crippen LogP contribution in [0.2, 0.25) is 0 Å². The van der Waals surface area contributed by atoms with Gasteiger partial charge in [-0.05, 0) is 0 Å². The highest BCUT2D eigenvalue weighted by atomic mass is 16.7. The Hall–Kier alpha value is -1.36. The molecule has 0 aliphatic heterocycles. The summed E-state index contributed by atoms with van der Waals surface area (Å²) in [7, 11) is 0. The summed E-state index contributed by atoms with van der Waals surface area (Å²) in [6.07, 6.45) is -0.239. The lowest BCUT2D eigenvalue weighted by Gasteiger charge is -2.14. The van der Waals surface area contributed by atoms with Gasteiger partial charge >= 0.3 is 5.97 Å². The molecule has 7 heteroatoms. The highest BCUT2D eigenvalue weighted by molar-refractivity contribution is 5.37. The molecule has 11 heavy (non-hydrogen) atoms. The van der Waals surface area contributed by atoms with Gasteiger partial charge < -0.3 is 15.3 Å². The second-order valence-electron chi connectivity index (χ2n) is 1.50. The van der Waals surface area contributed by atoms with Crippen molar-refractivity contribution in [1.29, 1.82) is 0 Å². The molecular weight excluding hydrogens is 156 g/mol. The van der Waals surface area contributed by atoms with E-state index in [4.69, 9.17) is 15.3 Å². The van der Waals surface area contributed by atoms with Gasteiger partial charge in [-0.2, -0.15) is 9.98 Å². The van der Waals surface area contributed by atoms with Gasteiger partial charge in [-0.3, -0.25) is 0 Å². The molecule has 0 aromatic carbocycles. The minimum absolute atomic E-state index is 0.882. The molecule has 60 valence electrons. The maximum Gasteiger partial charge on any atom is 0.322 e. The van der Waals surface area contributed by atoms with Crippen LogP contribution in [0.4, 0.5) is 0 Å². The van der Waals surface area contributed by atoms with Crippen LogP contribution in [-0.4, -0.2) is 39.6 Å². The van der Waals surface area contributed by atoms with Crippen molar-refractivity contribution in [3.8, 4) is 0 Å². The minimum atomic E-state index is -3.34. The molecule has 0 unspecified atom stereocenters. The first-order valence-corrected chi connectivity index (χ1v) is 2.33. The van der Waals surface area contributed by atoms with Gasteiger partial charge in [-0.1, -0.05) is 0 Å². The van der Waals surface area contributed by atoms with Crippen molar-refractivity contribution in [3.05, 3.63) is 0 Å². The molecule has 0 atom stereocenters. The number of aliphatic hydroxyl groups is 3. The van der Waals surface area contributed by atoms with Crippen LogP contribution in [0.1, 0.15) is 0 Å². The molecular formula is C4H4N2O5. The van der Waals surface area contributed by atoms with Gasteiger partial charge in [0.05, 0.1) is 0 Å². The van der Waals surface area contributed by atoms with Crippen LogP contribution >= 0.6 is 0 Å². The lowest BCUT2D eigenvalue weighted by molar-refractivity contribution is -0.320. The van der Waals surface area contributed by atoms with Crippen molar-refractivity contribution in [1.82, 2.24) is 0 Å². The first-order valence-electron chi connectivity index (χ1n) is 2.33. The first kappa shape index (κ1) is 9.64. The zero-order valence-corrected chi connectivity index (χ0v) is 5.13. The fraction of sp³-hybridized carbons (Fsp3) is 0.500. The van der Waals surface area contributed by atoms with Crippen molar-refractivity contribution >= 4 is 12.2 Å². The fourth-order valence-corrected chi connectivity index (χ4v) is 0.302. The van der Waals surface area contributed by atoms with Gasteiger partial charge in [-0.25, -0.2) is 9.59 Å². The monoisotopic (exact) mass is 160 g/mol. The van der Waals surface area contributed by atoms with Crippen LogP contribution in [0.15, 0.2) is 9.98 Å². The normalized spacial score (nSPS) is 12.6. The molecule has 0 fully saturated rings. The van der Waals surface area contributed by atoms with Crippen LogP contribution < -0.4 is 0 Å². The summed E-state index contributed by atoms with van der Waals surface area (Å²) in [4.78, 5) is 24.2. The summed E-state index contributed by atoms with van der Waals surface area (Å²) in [6.45, 7) is 0. The van der Waals surface area contributed by atoms with E-state index in [9.17, 15) is 9.59 Å². The smallest absolute Gasteiger partial charge is 0.322 e. The zero-order chi connectivity index (χ0) is 8.91. The van der Waals surface area contributed by atoms with Crippen LogP contribution in [0.5, 0.6) is 0 Å². The summed E-state index contributed by atoms with van der Waals surface area (Å²) < 4.78 is 0. The van der Waals surface area contributed by atoms with Crippen LogP contribution in [0.25, 0.3) is 0 Å². The van der Waals surface area contributed by atoms with E-state index >= 15 is 0 Å². The van der Waals surface area contributed by atoms with Gasteiger partial charge in [0.25, 0.3) is 0 Å². The van der Waals surface area contributed by atoms with Gasteiger partial charge in [0.2, 0.25) is 18.3 Å². The Morgan fingerprint density at radius 3 is 1.64 bits per heavy atom. The molecule has 3 N–H and O–H groups in total. The minimum Gasteiger partial charge on any atom is -0.340 e. The molecule has 0 aliphatic rings. The van der Waals surface area contributed by atoms with E-state index < -0.39 is 12.1 Å². The second-order valence-corrected chi connectivity index (χ2v) is 1.50. The number of aliphatic imine (C=N–C) groups is 2. The van der Waals surface area contributed by atoms with E-state index in [0.717, 1.165) is 12.2 Å². The molecule has 0 heterocycles. The Kier molecular flexibility index (Phi) is 3.26. The third-order valence-corrected chi connectivity index (χ3v) is 0.696. The molecule has 0 bridgehead atoms. The molecule has 0 saturated carbocycles. The number of hydrogen-bond acceptors (Lipinski definition) is 7. The SMILES string of the molecule is O=C=NC(N=C=O)C(O)(O)O. The van der Waals surface area contributed by atoms with Gasteiger partial charge in [0, 0.05) is 0 Å². The summed E-state index contributed by atoms with van der Waals surface area (Å²) >= 11 is 0. The lowest BCUT2D eigenvalue weighted by Crippen LogP contribution is -2.39. The Labute approximate surface area is 60.3 Å². The van der Waals surface area contributed by atoms with Gasteiger partial charge in [0.1, 0.15) is 0 Å². The standard InChI is InChI=1S/C4H4N2O5/c7-1-5-3(6-2-8)4(9,10)11/h3,9-11H. The van der Waals surface area contributed by atoms with Crippen molar-refractivity contribution < 1.29 is 24.9 Å². The van der Waals surface area contributed by atoms with E-state index in [1.165, 1.54) is 0 Å². The molecule has 0 aliphatic carbocycles. The number of nitrogens with zero attached hydrogens (tertiary/aromatic N) is 2. The number of hydrogen-bond donors (Lipinski definition) is 3. The van der Waals surface area contributed by atoms with E-state index in [0.29, 0.717) is 0 Å². The van der Waals surface area contributed by atoms with Crippen LogP contribution in [0.3, 0.4) is 0 Å². The second kappa shape index (κ2) is 3.72. The average molecular weight is 160 g/mol. The first-order chi connectivity index (χ1) is 5.02. The maximum absolute atomic E-state index is 9.52. The van der Waals surface area contributed by atoms with Crippen molar-refractivity contribution in [2.45, 2.75) is 12.1 Å². The van der Waals surface area contributed by atoms with E-state index in [2.05, 4.69) is 9.98 Å². The molecule has 0 rings (SSSR count). The Bertz CT molecular complexity index is 201. The third-order valence-electron chi connectivity index (χ3n) is 0.696. The number of rotatable bonds is 3. The Morgan fingerprint density at radius 2 is 1.45 bits per heavy atom. The highest BCUT2D eigenvalue weighted by Gasteiger charge is 2.32. The summed E-state index contributed by atoms with van der Waals surface area (Å²) in [6, 6.07) is 0. The molecule has 0 saturated heterocycles. The van der Waals surface area contributed by atoms with E-state index in [1.807, 2.05) is 0 Å². The van der Waals surface area contributed by atoms with Crippen LogP contribution in [0, 0.1) is 0 Å². The summed E-state index contributed by atoms with van der Waals surface area (Å²) in [5.74, 6) is -3.34. The lowest BCUT2D eigenvalue weighted by atomic mass is 10.4. The van der Waals surface area contributed by atoms with Crippen molar-refractivity contribution in [2.75, 3.05) is 0 Å². The predicted octanol–water partition coefficient (Wildman–Crippen LogP) is -2.39. The third kappa shape index (κ3) is 3.36. The Morgan fingerprint density at radius 1 is 1.09 bits per heavy atom. The van der Waals surface area contributed by atoms with Gasteiger partial charge in [-0.15, -0.1) is 0 Å². The topological polar surface area (TPSA) is 120 Å². The highest BCUT2D eigenvalue weighted by Crippen LogP contribution is 2.05. The molecule has 0 aromatic rings. The van der Waals surface area contributed by atoms with Crippen molar-refractivity contribution in [2.24, 2.45) is 9.98 Å². The maximum atomic E-state index is 9.52. The largest absolute Gasteiger partial charge is 0.340 e. The van der Waals surface area contributed by atoms with Crippen LogP contribution in [-0.2, 0) is 9.59 Å². The Balaban J connectivity index is 4.60. The van der Waals surface area contributed by atoms with Crippen molar-refractivity contribution in [3.63, 3.8) is 0 Å². The number of isocyanates is 2. The predicted molar refractivity (Wildman–Crippen MR) is 29.4 cm³/mol. The molecule has 0 spiro atoms.